The van der Waals surface area contributed by atoms with Crippen molar-refractivity contribution in [2.75, 3.05) is 19.0 Å². The first-order chi connectivity index (χ1) is 17.1. The number of aromatic nitrogens is 3. The van der Waals surface area contributed by atoms with Crippen LogP contribution in [-0.4, -0.2) is 34.5 Å². The largest absolute Gasteiger partial charge is 0.493 e. The number of ether oxygens (including phenoxy) is 3. The van der Waals surface area contributed by atoms with Crippen LogP contribution in [0.1, 0.15) is 56.7 Å². The maximum atomic E-state index is 13.3. The fraction of sp³-hybridized carbons (Fsp3) is 0.370. The van der Waals surface area contributed by atoms with Gasteiger partial charge in [-0.05, 0) is 36.6 Å². The fourth-order valence-corrected chi connectivity index (χ4v) is 4.15. The van der Waals surface area contributed by atoms with Crippen molar-refractivity contribution in [3.8, 4) is 11.5 Å². The Hall–Kier alpha value is -3.81. The molecule has 0 fully saturated rings. The Kier molecular flexibility index (Phi) is 8.03. The van der Waals surface area contributed by atoms with Crippen LogP contribution in [0.15, 0.2) is 66.1 Å². The lowest BCUT2D eigenvalue weighted by Gasteiger charge is -2.28. The first-order valence-electron chi connectivity index (χ1n) is 12.0. The number of unbranched alkanes of at least 4 members (excludes halogenated alkanes) is 3. The van der Waals surface area contributed by atoms with E-state index in [4.69, 9.17) is 14.2 Å². The summed E-state index contributed by atoms with van der Waals surface area (Å²) in [7, 11) is 1.61. The number of nitrogens with one attached hydrogen (secondary N) is 1. The highest BCUT2D eigenvalue weighted by Gasteiger charge is 2.35. The quantitative estimate of drug-likeness (QED) is 0.298. The maximum absolute atomic E-state index is 13.3. The number of esters is 1. The standard InChI is InChI=1S/C27H32N4O4/c1-4-5-6-10-15-34-22-14-13-21(16-23(22)33-3)25-24(19(2)30-27-28-18-29-31(25)27)26(32)35-17-20-11-8-7-9-12-20/h7-9,11-14,16,18,25H,4-6,10,15,17H2,1-3H3,(H,28,29,30). The van der Waals surface area contributed by atoms with E-state index in [0.717, 1.165) is 24.0 Å². The van der Waals surface area contributed by atoms with E-state index in [9.17, 15) is 4.79 Å². The van der Waals surface area contributed by atoms with Crippen molar-refractivity contribution in [3.05, 3.63) is 77.3 Å². The Labute approximate surface area is 205 Å². The molecule has 1 aliphatic heterocycles. The summed E-state index contributed by atoms with van der Waals surface area (Å²) in [4.78, 5) is 17.6. The van der Waals surface area contributed by atoms with Crippen molar-refractivity contribution in [2.24, 2.45) is 0 Å². The lowest BCUT2D eigenvalue weighted by atomic mass is 9.95. The van der Waals surface area contributed by atoms with E-state index in [2.05, 4.69) is 22.3 Å². The normalized spacial score (nSPS) is 14.8. The molecule has 0 saturated carbocycles. The molecule has 4 rings (SSSR count). The first kappa shape index (κ1) is 24.3. The molecule has 184 valence electrons. The van der Waals surface area contributed by atoms with E-state index in [-0.39, 0.29) is 6.61 Å². The van der Waals surface area contributed by atoms with Gasteiger partial charge < -0.3 is 19.5 Å². The minimum atomic E-state index is -0.524. The zero-order chi connectivity index (χ0) is 24.6. The molecule has 1 atom stereocenters. The van der Waals surface area contributed by atoms with E-state index in [0.29, 0.717) is 35.3 Å². The molecule has 0 aliphatic carbocycles. The molecular weight excluding hydrogens is 444 g/mol. The average molecular weight is 477 g/mol. The van der Waals surface area contributed by atoms with E-state index >= 15 is 0 Å². The number of hydrogen-bond acceptors (Lipinski definition) is 7. The van der Waals surface area contributed by atoms with Crippen molar-refractivity contribution in [2.45, 2.75) is 52.2 Å². The van der Waals surface area contributed by atoms with Gasteiger partial charge in [0.1, 0.15) is 19.0 Å². The fourth-order valence-electron chi connectivity index (χ4n) is 4.15. The van der Waals surface area contributed by atoms with Crippen LogP contribution in [0, 0.1) is 0 Å². The summed E-state index contributed by atoms with van der Waals surface area (Å²) in [5, 5.41) is 7.55. The lowest BCUT2D eigenvalue weighted by molar-refractivity contribution is -0.140. The number of methoxy groups -OCH3 is 1. The predicted octanol–water partition coefficient (Wildman–Crippen LogP) is 5.28. The molecule has 0 saturated heterocycles. The maximum Gasteiger partial charge on any atom is 0.338 e. The summed E-state index contributed by atoms with van der Waals surface area (Å²) in [5.74, 6) is 1.42. The van der Waals surface area contributed by atoms with Crippen LogP contribution >= 0.6 is 0 Å². The summed E-state index contributed by atoms with van der Waals surface area (Å²) in [6.07, 6.45) is 5.98. The Morgan fingerprint density at radius 3 is 2.69 bits per heavy atom. The minimum Gasteiger partial charge on any atom is -0.493 e. The van der Waals surface area contributed by atoms with Gasteiger partial charge in [0.05, 0.1) is 19.3 Å². The number of fused-ring (bicyclic) bond motifs is 1. The van der Waals surface area contributed by atoms with Gasteiger partial charge in [-0.15, -0.1) is 0 Å². The van der Waals surface area contributed by atoms with Crippen molar-refractivity contribution in [1.82, 2.24) is 14.8 Å². The number of rotatable bonds is 11. The molecule has 8 heteroatoms. The molecule has 0 amide bonds. The second kappa shape index (κ2) is 11.6. The van der Waals surface area contributed by atoms with Crippen LogP contribution in [-0.2, 0) is 16.1 Å². The van der Waals surface area contributed by atoms with Crippen LogP contribution in [0.3, 0.4) is 0 Å². The minimum absolute atomic E-state index is 0.182. The third-order valence-corrected chi connectivity index (χ3v) is 5.99. The van der Waals surface area contributed by atoms with Gasteiger partial charge in [-0.1, -0.05) is 62.6 Å². The molecule has 1 aliphatic rings. The monoisotopic (exact) mass is 476 g/mol. The summed E-state index contributed by atoms with van der Waals surface area (Å²) in [5.41, 5.74) is 2.88. The van der Waals surface area contributed by atoms with Crippen LogP contribution in [0.2, 0.25) is 0 Å². The SMILES string of the molecule is CCCCCCOc1ccc(C2C(C(=O)OCc3ccccc3)=C(C)Nc3ncnn32)cc1OC. The molecular formula is C27H32N4O4. The first-order valence-corrected chi connectivity index (χ1v) is 12.0. The smallest absolute Gasteiger partial charge is 0.338 e. The average Bonchev–Trinajstić information content (AvgIpc) is 3.35. The molecule has 8 nitrogen and oxygen atoms in total. The number of carbonyl (C=O) groups excluding carboxylic acids is 1. The number of allylic oxidation sites excluding steroid dienone is 1. The number of benzene rings is 2. The van der Waals surface area contributed by atoms with Crippen LogP contribution in [0.5, 0.6) is 11.5 Å². The second-order valence-corrected chi connectivity index (χ2v) is 8.48. The Morgan fingerprint density at radius 1 is 1.09 bits per heavy atom. The number of carbonyl (C=O) groups is 1. The molecule has 35 heavy (non-hydrogen) atoms. The highest BCUT2D eigenvalue weighted by atomic mass is 16.5. The van der Waals surface area contributed by atoms with Gasteiger partial charge in [-0.2, -0.15) is 10.1 Å². The van der Waals surface area contributed by atoms with E-state index < -0.39 is 12.0 Å². The Balaban J connectivity index is 1.59. The number of anilines is 1. The lowest BCUT2D eigenvalue weighted by Crippen LogP contribution is -2.29. The topological polar surface area (TPSA) is 87.5 Å². The molecule has 1 unspecified atom stereocenters. The Morgan fingerprint density at radius 2 is 1.91 bits per heavy atom. The van der Waals surface area contributed by atoms with Crippen LogP contribution < -0.4 is 14.8 Å². The predicted molar refractivity (Wildman–Crippen MR) is 133 cm³/mol. The summed E-state index contributed by atoms with van der Waals surface area (Å²) >= 11 is 0. The van der Waals surface area contributed by atoms with Crippen molar-refractivity contribution >= 4 is 11.9 Å². The van der Waals surface area contributed by atoms with Gasteiger partial charge in [0.25, 0.3) is 0 Å². The van der Waals surface area contributed by atoms with Crippen molar-refractivity contribution in [3.63, 3.8) is 0 Å². The molecule has 3 aromatic rings. The zero-order valence-corrected chi connectivity index (χ0v) is 20.5. The van der Waals surface area contributed by atoms with Crippen LogP contribution in [0.25, 0.3) is 0 Å². The number of hydrogen-bond donors (Lipinski definition) is 1. The molecule has 2 heterocycles. The summed E-state index contributed by atoms with van der Waals surface area (Å²) in [6.45, 7) is 4.84. The molecule has 0 spiro atoms. The van der Waals surface area contributed by atoms with Gasteiger partial charge in [-0.25, -0.2) is 9.48 Å². The number of nitrogens with zero attached hydrogens (tertiary/aromatic N) is 3. The highest BCUT2D eigenvalue weighted by molar-refractivity contribution is 5.92. The van der Waals surface area contributed by atoms with E-state index in [1.165, 1.54) is 19.2 Å². The van der Waals surface area contributed by atoms with Crippen molar-refractivity contribution in [1.29, 1.82) is 0 Å². The summed E-state index contributed by atoms with van der Waals surface area (Å²) < 4.78 is 19.0. The third-order valence-electron chi connectivity index (χ3n) is 5.99. The van der Waals surface area contributed by atoms with Gasteiger partial charge in [0, 0.05) is 5.70 Å². The Bertz CT molecular complexity index is 1170. The molecule has 0 radical (unpaired) electrons. The third kappa shape index (κ3) is 5.65. The highest BCUT2D eigenvalue weighted by Crippen LogP contribution is 2.39. The van der Waals surface area contributed by atoms with Gasteiger partial charge in [-0.3, -0.25) is 0 Å². The molecule has 2 aromatic carbocycles. The van der Waals surface area contributed by atoms with E-state index in [1.54, 1.807) is 11.8 Å². The summed E-state index contributed by atoms with van der Waals surface area (Å²) in [6, 6.07) is 14.8. The van der Waals surface area contributed by atoms with Gasteiger partial charge >= 0.3 is 5.97 Å². The van der Waals surface area contributed by atoms with Gasteiger partial charge in [0.2, 0.25) is 5.95 Å². The van der Waals surface area contributed by atoms with Crippen molar-refractivity contribution < 1.29 is 19.0 Å². The van der Waals surface area contributed by atoms with Crippen LogP contribution in [0.4, 0.5) is 5.95 Å². The van der Waals surface area contributed by atoms with E-state index in [1.807, 2.05) is 55.5 Å². The molecule has 1 aromatic heterocycles. The second-order valence-electron chi connectivity index (χ2n) is 8.48. The zero-order valence-electron chi connectivity index (χ0n) is 20.5. The van der Waals surface area contributed by atoms with Gasteiger partial charge in [0.15, 0.2) is 11.5 Å². The molecule has 0 bridgehead atoms. The molecule has 1 N–H and O–H groups in total.